The first-order valence-electron chi connectivity index (χ1n) is 7.83. The van der Waals surface area contributed by atoms with Crippen LogP contribution < -0.4 is 5.32 Å². The molecule has 3 heteroatoms. The lowest BCUT2D eigenvalue weighted by atomic mass is 10.1. The van der Waals surface area contributed by atoms with Crippen molar-refractivity contribution in [2.24, 2.45) is 0 Å². The number of pyridine rings is 1. The van der Waals surface area contributed by atoms with Gasteiger partial charge in [0.05, 0.1) is 0 Å². The highest BCUT2D eigenvalue weighted by molar-refractivity contribution is 5.84. The largest absolute Gasteiger partial charge is 0.358 e. The van der Waals surface area contributed by atoms with Crippen molar-refractivity contribution in [2.75, 3.05) is 0 Å². The van der Waals surface area contributed by atoms with Gasteiger partial charge in [0.15, 0.2) is 0 Å². The third-order valence-corrected chi connectivity index (χ3v) is 4.29. The average Bonchev–Trinajstić information content (AvgIpc) is 2.81. The van der Waals surface area contributed by atoms with Gasteiger partial charge < -0.3 is 10.3 Å². The molecule has 0 amide bonds. The number of aromatic amines is 1. The van der Waals surface area contributed by atoms with Gasteiger partial charge in [-0.1, -0.05) is 12.1 Å². The van der Waals surface area contributed by atoms with E-state index in [1.807, 2.05) is 18.5 Å². The molecule has 0 unspecified atom stereocenters. The van der Waals surface area contributed by atoms with Gasteiger partial charge >= 0.3 is 0 Å². The van der Waals surface area contributed by atoms with Crippen LogP contribution in [0.2, 0.25) is 0 Å². The van der Waals surface area contributed by atoms with E-state index in [-0.39, 0.29) is 0 Å². The van der Waals surface area contributed by atoms with E-state index in [2.05, 4.69) is 60.3 Å². The lowest BCUT2D eigenvalue weighted by Gasteiger charge is -2.14. The van der Waals surface area contributed by atoms with Crippen LogP contribution in [0.1, 0.15) is 29.3 Å². The summed E-state index contributed by atoms with van der Waals surface area (Å²) in [5.41, 5.74) is 6.43. The molecule has 0 saturated carbocycles. The second kappa shape index (κ2) is 6.32. The minimum Gasteiger partial charge on any atom is -0.358 e. The van der Waals surface area contributed by atoms with Crippen molar-refractivity contribution in [3.8, 4) is 0 Å². The Balaban J connectivity index is 1.65. The Kier molecular flexibility index (Phi) is 4.25. The van der Waals surface area contributed by atoms with Gasteiger partial charge in [0.1, 0.15) is 0 Å². The van der Waals surface area contributed by atoms with E-state index in [1.165, 1.54) is 33.3 Å². The molecule has 0 saturated heterocycles. The topological polar surface area (TPSA) is 40.7 Å². The smallest absolute Gasteiger partial charge is 0.0458 e. The summed E-state index contributed by atoms with van der Waals surface area (Å²) in [4.78, 5) is 7.60. The minimum atomic E-state index is 0.425. The Morgan fingerprint density at radius 1 is 1.18 bits per heavy atom. The summed E-state index contributed by atoms with van der Waals surface area (Å²) in [6.07, 6.45) is 4.76. The Bertz CT molecular complexity index is 759. The summed E-state index contributed by atoms with van der Waals surface area (Å²) in [5, 5.41) is 4.93. The normalized spacial score (nSPS) is 12.7. The summed E-state index contributed by atoms with van der Waals surface area (Å²) in [6.45, 7) is 7.41. The summed E-state index contributed by atoms with van der Waals surface area (Å²) in [6, 6.07) is 11.2. The molecule has 0 bridgehead atoms. The van der Waals surface area contributed by atoms with E-state index in [0.717, 1.165) is 13.0 Å². The maximum atomic E-state index is 4.17. The van der Waals surface area contributed by atoms with Crippen molar-refractivity contribution in [3.63, 3.8) is 0 Å². The standard InChI is InChI=1S/C19H23N3/c1-13(9-16-5-4-8-20-11-16)21-12-17-6-7-19-18(10-17)14(2)15(3)22-19/h4-8,10-11,13,21-22H,9,12H2,1-3H3/t13-/m1/s1. The van der Waals surface area contributed by atoms with Gasteiger partial charge in [0.2, 0.25) is 0 Å². The van der Waals surface area contributed by atoms with Gasteiger partial charge in [-0.15, -0.1) is 0 Å². The molecule has 2 N–H and O–H groups in total. The van der Waals surface area contributed by atoms with Gasteiger partial charge in [0.25, 0.3) is 0 Å². The fourth-order valence-electron chi connectivity index (χ4n) is 2.86. The molecule has 3 rings (SSSR count). The molecule has 0 fully saturated rings. The van der Waals surface area contributed by atoms with Crippen molar-refractivity contribution in [3.05, 3.63) is 65.1 Å². The molecule has 22 heavy (non-hydrogen) atoms. The molecule has 0 aliphatic carbocycles. The predicted octanol–water partition coefficient (Wildman–Crippen LogP) is 3.90. The van der Waals surface area contributed by atoms with E-state index >= 15 is 0 Å². The fourth-order valence-corrected chi connectivity index (χ4v) is 2.86. The van der Waals surface area contributed by atoms with Crippen LogP contribution in [0.5, 0.6) is 0 Å². The average molecular weight is 293 g/mol. The number of benzene rings is 1. The lowest BCUT2D eigenvalue weighted by molar-refractivity contribution is 0.545. The van der Waals surface area contributed by atoms with E-state index in [0.29, 0.717) is 6.04 Å². The monoisotopic (exact) mass is 293 g/mol. The zero-order valence-electron chi connectivity index (χ0n) is 13.5. The number of rotatable bonds is 5. The Hall–Kier alpha value is -2.13. The van der Waals surface area contributed by atoms with Crippen LogP contribution in [0.4, 0.5) is 0 Å². The van der Waals surface area contributed by atoms with E-state index in [9.17, 15) is 0 Å². The second-order valence-corrected chi connectivity index (χ2v) is 6.10. The van der Waals surface area contributed by atoms with Crippen molar-refractivity contribution in [2.45, 2.75) is 39.8 Å². The number of aromatic nitrogens is 2. The summed E-state index contributed by atoms with van der Waals surface area (Å²) in [5.74, 6) is 0. The van der Waals surface area contributed by atoms with Gasteiger partial charge in [-0.3, -0.25) is 4.98 Å². The molecular weight excluding hydrogens is 270 g/mol. The molecule has 0 aliphatic rings. The number of fused-ring (bicyclic) bond motifs is 1. The first-order chi connectivity index (χ1) is 10.6. The first-order valence-corrected chi connectivity index (χ1v) is 7.83. The molecule has 3 aromatic rings. The Labute approximate surface area is 131 Å². The quantitative estimate of drug-likeness (QED) is 0.749. The van der Waals surface area contributed by atoms with Crippen molar-refractivity contribution in [1.29, 1.82) is 0 Å². The third kappa shape index (κ3) is 3.20. The SMILES string of the molecule is Cc1[nH]c2ccc(CN[C@H](C)Cc3cccnc3)cc2c1C. The van der Waals surface area contributed by atoms with Crippen LogP contribution in [-0.2, 0) is 13.0 Å². The molecule has 1 atom stereocenters. The van der Waals surface area contributed by atoms with Crippen LogP contribution in [0.15, 0.2) is 42.7 Å². The highest BCUT2D eigenvalue weighted by atomic mass is 14.9. The number of H-pyrrole nitrogens is 1. The maximum absolute atomic E-state index is 4.17. The number of hydrogen-bond acceptors (Lipinski definition) is 2. The van der Waals surface area contributed by atoms with Crippen LogP contribution in [0, 0.1) is 13.8 Å². The molecular formula is C19H23N3. The van der Waals surface area contributed by atoms with Crippen LogP contribution >= 0.6 is 0 Å². The summed E-state index contributed by atoms with van der Waals surface area (Å²) in [7, 11) is 0. The second-order valence-electron chi connectivity index (χ2n) is 6.10. The highest BCUT2D eigenvalue weighted by Gasteiger charge is 2.07. The molecule has 0 radical (unpaired) electrons. The van der Waals surface area contributed by atoms with Gasteiger partial charge in [-0.05, 0) is 62.1 Å². The highest BCUT2D eigenvalue weighted by Crippen LogP contribution is 2.22. The number of hydrogen-bond donors (Lipinski definition) is 2. The predicted molar refractivity (Wildman–Crippen MR) is 92.0 cm³/mol. The Morgan fingerprint density at radius 3 is 2.82 bits per heavy atom. The summed E-state index contributed by atoms with van der Waals surface area (Å²) >= 11 is 0. The zero-order valence-corrected chi connectivity index (χ0v) is 13.5. The molecule has 114 valence electrons. The fraction of sp³-hybridized carbons (Fsp3) is 0.316. The molecule has 0 spiro atoms. The zero-order chi connectivity index (χ0) is 15.5. The summed E-state index contributed by atoms with van der Waals surface area (Å²) < 4.78 is 0. The third-order valence-electron chi connectivity index (χ3n) is 4.29. The molecule has 2 aromatic heterocycles. The van der Waals surface area contributed by atoms with Crippen molar-refractivity contribution >= 4 is 10.9 Å². The Morgan fingerprint density at radius 2 is 2.05 bits per heavy atom. The minimum absolute atomic E-state index is 0.425. The first kappa shape index (κ1) is 14.8. The van der Waals surface area contributed by atoms with E-state index in [1.54, 1.807) is 0 Å². The van der Waals surface area contributed by atoms with Gasteiger partial charge in [0, 0.05) is 41.6 Å². The van der Waals surface area contributed by atoms with Crippen LogP contribution in [-0.4, -0.2) is 16.0 Å². The number of aryl methyl sites for hydroxylation is 2. The molecule has 1 aromatic carbocycles. The van der Waals surface area contributed by atoms with Crippen molar-refractivity contribution < 1.29 is 0 Å². The van der Waals surface area contributed by atoms with Crippen LogP contribution in [0.25, 0.3) is 10.9 Å². The van der Waals surface area contributed by atoms with Gasteiger partial charge in [-0.2, -0.15) is 0 Å². The lowest BCUT2D eigenvalue weighted by Crippen LogP contribution is -2.27. The van der Waals surface area contributed by atoms with Crippen molar-refractivity contribution in [1.82, 2.24) is 15.3 Å². The molecule has 0 aliphatic heterocycles. The van der Waals surface area contributed by atoms with E-state index in [4.69, 9.17) is 0 Å². The molecule has 3 nitrogen and oxygen atoms in total. The van der Waals surface area contributed by atoms with Crippen LogP contribution in [0.3, 0.4) is 0 Å². The molecule has 2 heterocycles. The van der Waals surface area contributed by atoms with E-state index < -0.39 is 0 Å². The number of nitrogens with one attached hydrogen (secondary N) is 2. The maximum Gasteiger partial charge on any atom is 0.0458 e. The number of nitrogens with zero attached hydrogens (tertiary/aromatic N) is 1. The van der Waals surface area contributed by atoms with Gasteiger partial charge in [-0.25, -0.2) is 0 Å².